The molecule has 0 unspecified atom stereocenters. The second-order valence-corrected chi connectivity index (χ2v) is 12.4. The average molecular weight is 575 g/mol. The Labute approximate surface area is 247 Å². The number of amides is 1. The number of nitrogens with zero attached hydrogens (tertiary/aromatic N) is 1. The predicted molar refractivity (Wildman–Crippen MR) is 161 cm³/mol. The molecule has 0 aromatic heterocycles. The molecule has 1 amide bonds. The van der Waals surface area contributed by atoms with Gasteiger partial charge >= 0.3 is 6.09 Å². The quantitative estimate of drug-likeness (QED) is 0.196. The van der Waals surface area contributed by atoms with Crippen LogP contribution in [0.4, 0.5) is 10.5 Å². The molecule has 1 aromatic rings. The van der Waals surface area contributed by atoms with E-state index < -0.39 is 29.9 Å². The van der Waals surface area contributed by atoms with Crippen molar-refractivity contribution < 1.29 is 28.5 Å². The molecule has 3 aliphatic rings. The van der Waals surface area contributed by atoms with Crippen LogP contribution < -0.4 is 5.32 Å². The third-order valence-electron chi connectivity index (χ3n) is 8.40. The van der Waals surface area contributed by atoms with Gasteiger partial charge in [-0.05, 0) is 77.7 Å². The molecule has 4 atom stereocenters. The molecule has 41 heavy (non-hydrogen) atoms. The van der Waals surface area contributed by atoms with Gasteiger partial charge in [0, 0.05) is 12.3 Å². The maximum atomic E-state index is 13.0. The van der Waals surface area contributed by atoms with E-state index in [4.69, 9.17) is 23.7 Å². The van der Waals surface area contributed by atoms with Crippen LogP contribution in [-0.2, 0) is 23.7 Å². The molecule has 1 aromatic carbocycles. The van der Waals surface area contributed by atoms with Crippen molar-refractivity contribution in [1.82, 2.24) is 4.90 Å². The number of hydrogen-bond acceptors (Lipinski definition) is 7. The van der Waals surface area contributed by atoms with Gasteiger partial charge in [0.1, 0.15) is 12.7 Å². The maximum absolute atomic E-state index is 13.0. The average Bonchev–Trinajstić information content (AvgIpc) is 3.37. The summed E-state index contributed by atoms with van der Waals surface area (Å²) in [6.45, 7) is 10.2. The van der Waals surface area contributed by atoms with Crippen LogP contribution in [-0.4, -0.2) is 73.7 Å². The number of likely N-dealkylation sites (tertiary alicyclic amines) is 1. The first-order valence-corrected chi connectivity index (χ1v) is 16.3. The number of carbonyl (C=O) groups is 1. The molecule has 3 fully saturated rings. The largest absolute Gasteiger partial charge is 0.440 e. The molecule has 4 rings (SSSR count). The number of hydrogen-bond donors (Lipinski definition) is 1. The van der Waals surface area contributed by atoms with Crippen LogP contribution in [0, 0.1) is 0 Å². The number of fused-ring (bicyclic) bond motifs is 1. The van der Waals surface area contributed by atoms with Gasteiger partial charge in [-0.25, -0.2) is 4.79 Å². The van der Waals surface area contributed by atoms with E-state index in [-0.39, 0.29) is 12.7 Å². The fourth-order valence-electron chi connectivity index (χ4n) is 6.37. The van der Waals surface area contributed by atoms with Crippen molar-refractivity contribution in [2.75, 3.05) is 38.2 Å². The molecule has 8 nitrogen and oxygen atoms in total. The Bertz CT molecular complexity index is 893. The molecule has 0 bridgehead atoms. The molecular weight excluding hydrogens is 520 g/mol. The van der Waals surface area contributed by atoms with Gasteiger partial charge in [-0.3, -0.25) is 5.32 Å². The summed E-state index contributed by atoms with van der Waals surface area (Å²) in [5, 5.41) is 2.85. The van der Waals surface area contributed by atoms with Crippen molar-refractivity contribution in [2.24, 2.45) is 0 Å². The van der Waals surface area contributed by atoms with E-state index in [1.165, 1.54) is 57.8 Å². The number of anilines is 1. The van der Waals surface area contributed by atoms with Crippen LogP contribution in [0.1, 0.15) is 104 Å². The van der Waals surface area contributed by atoms with Crippen LogP contribution in [0.15, 0.2) is 30.3 Å². The SMILES string of the molecule is CCCCCCCCCCOC[C@@]12O[C@@H](CCCN3CCCCC3)[C@@H](OC(=O)Nc3ccccc3)[C@@H]1OC(C)(C)O2. The minimum absolute atomic E-state index is 0.250. The summed E-state index contributed by atoms with van der Waals surface area (Å²) in [4.78, 5) is 15.5. The number of para-hydroxylation sites is 1. The molecule has 3 heterocycles. The smallest absolute Gasteiger partial charge is 0.412 e. The van der Waals surface area contributed by atoms with Gasteiger partial charge in [-0.2, -0.15) is 0 Å². The number of piperidine rings is 1. The molecule has 1 N–H and O–H groups in total. The van der Waals surface area contributed by atoms with Crippen LogP contribution >= 0.6 is 0 Å². The van der Waals surface area contributed by atoms with Crippen LogP contribution in [0.2, 0.25) is 0 Å². The van der Waals surface area contributed by atoms with Crippen molar-refractivity contribution in [3.63, 3.8) is 0 Å². The molecule has 0 radical (unpaired) electrons. The summed E-state index contributed by atoms with van der Waals surface area (Å²) in [5.41, 5.74) is 0.682. The topological polar surface area (TPSA) is 78.5 Å². The Morgan fingerprint density at radius 2 is 1.66 bits per heavy atom. The standard InChI is InChI=1S/C33H54N2O6/c1-4-5-6-7-8-9-10-17-25-37-26-33-30(40-32(2,3)41-33)29(38-31(36)34-27-19-13-11-14-20-27)28(39-33)21-18-24-35-22-15-12-16-23-35/h11,13-14,19-20,28-30H,4-10,12,15-18,21-26H2,1-3H3,(H,34,36)/t28-,29+,30-,33-/m0/s1. The molecule has 8 heteroatoms. The summed E-state index contributed by atoms with van der Waals surface area (Å²) in [5.74, 6) is -1.97. The molecular formula is C33H54N2O6. The highest BCUT2D eigenvalue weighted by Gasteiger charge is 2.66. The summed E-state index contributed by atoms with van der Waals surface area (Å²) < 4.78 is 31.6. The fourth-order valence-corrected chi connectivity index (χ4v) is 6.37. The highest BCUT2D eigenvalue weighted by Crippen LogP contribution is 2.47. The second-order valence-electron chi connectivity index (χ2n) is 12.4. The molecule has 232 valence electrons. The second kappa shape index (κ2) is 16.2. The Kier molecular flexibility index (Phi) is 12.7. The summed E-state index contributed by atoms with van der Waals surface area (Å²) in [6.07, 6.45) is 13.5. The van der Waals surface area contributed by atoms with E-state index in [0.717, 1.165) is 45.3 Å². The first-order valence-electron chi connectivity index (χ1n) is 16.3. The Morgan fingerprint density at radius 1 is 0.951 bits per heavy atom. The normalized spacial score (nSPS) is 27.5. The summed E-state index contributed by atoms with van der Waals surface area (Å²) in [6, 6.07) is 9.34. The van der Waals surface area contributed by atoms with Crippen LogP contribution in [0.25, 0.3) is 0 Å². The molecule has 0 aliphatic carbocycles. The molecule has 0 spiro atoms. The summed E-state index contributed by atoms with van der Waals surface area (Å²) >= 11 is 0. The maximum Gasteiger partial charge on any atom is 0.412 e. The van der Waals surface area contributed by atoms with E-state index in [0.29, 0.717) is 12.3 Å². The van der Waals surface area contributed by atoms with E-state index in [1.54, 1.807) is 0 Å². The van der Waals surface area contributed by atoms with Gasteiger partial charge < -0.3 is 28.6 Å². The zero-order valence-corrected chi connectivity index (χ0v) is 25.7. The minimum atomic E-state index is -1.10. The first-order chi connectivity index (χ1) is 19.9. The first kappa shape index (κ1) is 32.2. The van der Waals surface area contributed by atoms with Gasteiger partial charge in [0.05, 0.1) is 0 Å². The third-order valence-corrected chi connectivity index (χ3v) is 8.40. The van der Waals surface area contributed by atoms with Crippen LogP contribution in [0.5, 0.6) is 0 Å². The van der Waals surface area contributed by atoms with Crippen molar-refractivity contribution in [1.29, 1.82) is 0 Å². The van der Waals surface area contributed by atoms with Gasteiger partial charge in [-0.1, -0.05) is 76.5 Å². The van der Waals surface area contributed by atoms with Crippen molar-refractivity contribution >= 4 is 11.8 Å². The zero-order chi connectivity index (χ0) is 29.0. The lowest BCUT2D eigenvalue weighted by atomic mass is 10.0. The zero-order valence-electron chi connectivity index (χ0n) is 25.7. The molecule has 3 aliphatic heterocycles. The van der Waals surface area contributed by atoms with Gasteiger partial charge in [0.15, 0.2) is 18.0 Å². The van der Waals surface area contributed by atoms with Crippen molar-refractivity contribution in [3.05, 3.63) is 30.3 Å². The Balaban J connectivity index is 1.34. The van der Waals surface area contributed by atoms with E-state index >= 15 is 0 Å². The van der Waals surface area contributed by atoms with Crippen molar-refractivity contribution in [2.45, 2.75) is 134 Å². The number of nitrogens with one attached hydrogen (secondary N) is 1. The monoisotopic (exact) mass is 574 g/mol. The number of rotatable bonds is 17. The lowest BCUT2D eigenvalue weighted by Crippen LogP contribution is -2.46. The number of unbranched alkanes of at least 4 members (excludes halogenated alkanes) is 7. The lowest BCUT2D eigenvalue weighted by molar-refractivity contribution is -0.278. The molecule has 3 saturated heterocycles. The van der Waals surface area contributed by atoms with Crippen molar-refractivity contribution in [3.8, 4) is 0 Å². The van der Waals surface area contributed by atoms with Crippen LogP contribution in [0.3, 0.4) is 0 Å². The fraction of sp³-hybridized carbons (Fsp3) is 0.788. The van der Waals surface area contributed by atoms with Gasteiger partial charge in [0.25, 0.3) is 0 Å². The van der Waals surface area contributed by atoms with Gasteiger partial charge in [-0.15, -0.1) is 0 Å². The Morgan fingerprint density at radius 3 is 2.39 bits per heavy atom. The van der Waals surface area contributed by atoms with E-state index in [1.807, 2.05) is 44.2 Å². The number of carbonyl (C=O) groups excluding carboxylic acids is 1. The van der Waals surface area contributed by atoms with Gasteiger partial charge in [0.2, 0.25) is 5.79 Å². The third kappa shape index (κ3) is 9.92. The lowest BCUT2D eigenvalue weighted by Gasteiger charge is -2.29. The molecule has 0 saturated carbocycles. The van der Waals surface area contributed by atoms with E-state index in [9.17, 15) is 4.79 Å². The highest BCUT2D eigenvalue weighted by molar-refractivity contribution is 5.84. The minimum Gasteiger partial charge on any atom is -0.440 e. The predicted octanol–water partition coefficient (Wildman–Crippen LogP) is 7.27. The Hall–Kier alpha value is -1.71. The highest BCUT2D eigenvalue weighted by atomic mass is 16.9. The number of benzene rings is 1. The number of ether oxygens (including phenoxy) is 5. The summed E-state index contributed by atoms with van der Waals surface area (Å²) in [7, 11) is 0. The van der Waals surface area contributed by atoms with E-state index in [2.05, 4.69) is 17.1 Å².